The zero-order chi connectivity index (χ0) is 47.2. The number of ether oxygens (including phenoxy) is 5. The van der Waals surface area contributed by atoms with Crippen LogP contribution in [-0.4, -0.2) is 107 Å². The number of ketones is 1. The van der Waals surface area contributed by atoms with Crippen molar-refractivity contribution >= 4 is 56.3 Å². The number of aromatic nitrogens is 1. The number of allylic oxidation sites excluding steroid dienone is 2. The van der Waals surface area contributed by atoms with Gasteiger partial charge < -0.3 is 53.6 Å². The molecule has 0 radical (unpaired) electrons. The maximum Gasteiger partial charge on any atom is 0.312 e. The molecule has 3 aliphatic rings. The van der Waals surface area contributed by atoms with Gasteiger partial charge in [-0.25, -0.2) is 4.98 Å². The number of carbonyl (C=O) groups excluding carboxylic acids is 3. The van der Waals surface area contributed by atoms with Crippen molar-refractivity contribution in [3.8, 4) is 17.2 Å². The molecule has 4 aromatic rings. The standard InChI is InChI=1S/C49H59N3O13/c1-23-12-11-13-24(2)48(59)51-39-43(57)36-35(38-46(39)64-34-20-31(14-15-32(34)50-38)61-22-30-16-18-52(9)21-30)37-45(28(6)42(36)56)65-49(8,47(37)58)62-19-17-33(60-10)25(3)44(63-29(7)53)27(5)41(55)26(4)40(23)54/h11-15,17,19-20,23,25-27,30,33,40-41,44,54-55,57H,16,18,21-22H2,1-10H3,(H,51,59)/b12-11+,19-17+,24-13-/t23-,25+,26+,27+,30?,33-,40-,41+,44+,49-/m0/s1. The highest BCUT2D eigenvalue weighted by Gasteiger charge is 2.49. The number of aromatic hydroxyl groups is 1. The van der Waals surface area contributed by atoms with Crippen molar-refractivity contribution in [3.05, 3.63) is 75.7 Å². The number of nitrogens with one attached hydrogen (secondary N) is 1. The number of aliphatic hydroxyl groups excluding tert-OH is 2. The molecule has 1 amide bonds. The summed E-state index contributed by atoms with van der Waals surface area (Å²) in [5.74, 6) is -6.37. The SMILES string of the molecule is CO[C@H]1/C=C/O[C@@]2(C)Oc3c(C)c(=O)c4c(O)c(c5oc6cc(OCC7CCN(C)C7)ccc6nc5c4c3C2=O)NC(=O)/C(C)=C\C=C\[C@H](C)[C@H](O)[C@@H](C)[C@@H](O)[C@@H](C)[C@H](OC(C)=O)[C@@H]1C. The van der Waals surface area contributed by atoms with Crippen LogP contribution in [0.5, 0.6) is 17.2 Å². The van der Waals surface area contributed by atoms with E-state index < -0.39 is 82.7 Å². The Labute approximate surface area is 376 Å². The summed E-state index contributed by atoms with van der Waals surface area (Å²) in [5.41, 5.74) is -0.434. The van der Waals surface area contributed by atoms with Crippen LogP contribution < -0.4 is 20.2 Å². The second kappa shape index (κ2) is 18.6. The predicted molar refractivity (Wildman–Crippen MR) is 243 cm³/mol. The summed E-state index contributed by atoms with van der Waals surface area (Å²) >= 11 is 0. The molecule has 4 bridgehead atoms. The van der Waals surface area contributed by atoms with Crippen LogP contribution in [0.4, 0.5) is 5.69 Å². The largest absolute Gasteiger partial charge is 0.505 e. The number of anilines is 1. The Balaban J connectivity index is 1.41. The van der Waals surface area contributed by atoms with Gasteiger partial charge in [-0.3, -0.25) is 19.2 Å². The third kappa shape index (κ3) is 8.96. The molecule has 1 unspecified atom stereocenters. The summed E-state index contributed by atoms with van der Waals surface area (Å²) in [4.78, 5) is 62.6. The number of likely N-dealkylation sites (tertiary alicyclic amines) is 1. The molecule has 65 heavy (non-hydrogen) atoms. The van der Waals surface area contributed by atoms with Crippen LogP contribution >= 0.6 is 0 Å². The van der Waals surface area contributed by atoms with Gasteiger partial charge in [-0.2, -0.15) is 0 Å². The van der Waals surface area contributed by atoms with Gasteiger partial charge in [-0.15, -0.1) is 0 Å². The molecule has 0 spiro atoms. The fourth-order valence-electron chi connectivity index (χ4n) is 9.25. The molecular weight excluding hydrogens is 839 g/mol. The van der Waals surface area contributed by atoms with Crippen molar-refractivity contribution in [2.45, 2.75) is 92.0 Å². The first-order valence-electron chi connectivity index (χ1n) is 22.0. The minimum absolute atomic E-state index is 0.00511. The van der Waals surface area contributed by atoms with E-state index in [0.717, 1.165) is 19.5 Å². The van der Waals surface area contributed by atoms with Crippen molar-refractivity contribution in [2.75, 3.05) is 39.2 Å². The number of hydrogen-bond donors (Lipinski definition) is 4. The number of amides is 1. The van der Waals surface area contributed by atoms with Crippen molar-refractivity contribution < 1.29 is 57.8 Å². The maximum absolute atomic E-state index is 14.7. The number of phenols is 1. The van der Waals surface area contributed by atoms with Crippen LogP contribution in [-0.2, 0) is 23.8 Å². The molecule has 0 saturated carbocycles. The Hall–Kier alpha value is -5.81. The monoisotopic (exact) mass is 897 g/mol. The second-order valence-corrected chi connectivity index (χ2v) is 18.1. The summed E-state index contributed by atoms with van der Waals surface area (Å²) < 4.78 is 36.5. The summed E-state index contributed by atoms with van der Waals surface area (Å²) in [7, 11) is 3.51. The van der Waals surface area contributed by atoms with E-state index in [9.17, 15) is 34.5 Å². The van der Waals surface area contributed by atoms with E-state index in [4.69, 9.17) is 33.1 Å². The van der Waals surface area contributed by atoms with E-state index in [1.165, 1.54) is 46.3 Å². The summed E-state index contributed by atoms with van der Waals surface area (Å²) in [6.07, 6.45) is 4.64. The van der Waals surface area contributed by atoms with E-state index in [1.54, 1.807) is 65.0 Å². The number of phenolic OH excluding ortho intramolecular Hbond substituents is 1. The van der Waals surface area contributed by atoms with Gasteiger partial charge in [0.15, 0.2) is 22.3 Å². The van der Waals surface area contributed by atoms with E-state index in [2.05, 4.69) is 17.3 Å². The van der Waals surface area contributed by atoms with Gasteiger partial charge in [-0.1, -0.05) is 45.9 Å². The Morgan fingerprint density at radius 1 is 1.03 bits per heavy atom. The van der Waals surface area contributed by atoms with Crippen LogP contribution in [0.15, 0.2) is 63.6 Å². The molecule has 16 heteroatoms. The van der Waals surface area contributed by atoms with Gasteiger partial charge in [0.1, 0.15) is 34.3 Å². The molecule has 1 saturated heterocycles. The van der Waals surface area contributed by atoms with E-state index in [0.29, 0.717) is 23.8 Å². The van der Waals surface area contributed by atoms with Crippen molar-refractivity contribution in [1.29, 1.82) is 0 Å². The number of methoxy groups -OCH3 is 1. The number of Topliss-reactive ketones (excluding diaryl/α,β-unsaturated/α-hetero) is 1. The fraction of sp³-hybridized carbons (Fsp3) is 0.490. The third-order valence-corrected chi connectivity index (χ3v) is 13.3. The average Bonchev–Trinajstić information content (AvgIpc) is 3.82. The Bertz CT molecular complexity index is 2690. The normalized spacial score (nSPS) is 31.1. The molecule has 4 N–H and O–H groups in total. The smallest absolute Gasteiger partial charge is 0.312 e. The molecule has 1 aromatic heterocycles. The van der Waals surface area contributed by atoms with Crippen LogP contribution in [0.2, 0.25) is 0 Å². The number of hydrogen-bond acceptors (Lipinski definition) is 15. The van der Waals surface area contributed by atoms with Crippen molar-refractivity contribution in [1.82, 2.24) is 9.88 Å². The number of rotatable bonds is 5. The van der Waals surface area contributed by atoms with Crippen molar-refractivity contribution in [3.63, 3.8) is 0 Å². The Kier molecular flexibility index (Phi) is 13.5. The maximum atomic E-state index is 14.7. The number of carbonyl (C=O) groups is 3. The molecular formula is C49H59N3O13. The van der Waals surface area contributed by atoms with Crippen LogP contribution in [0, 0.1) is 36.5 Å². The lowest BCUT2D eigenvalue weighted by atomic mass is 9.78. The van der Waals surface area contributed by atoms with E-state index in [-0.39, 0.29) is 55.6 Å². The Morgan fingerprint density at radius 3 is 2.45 bits per heavy atom. The summed E-state index contributed by atoms with van der Waals surface area (Å²) in [6, 6.07) is 5.09. The van der Waals surface area contributed by atoms with Gasteiger partial charge in [0, 0.05) is 79.7 Å². The minimum Gasteiger partial charge on any atom is -0.505 e. The first-order chi connectivity index (χ1) is 30.8. The number of nitrogens with zero attached hydrogens (tertiary/aromatic N) is 2. The van der Waals surface area contributed by atoms with Crippen LogP contribution in [0.1, 0.15) is 70.8 Å². The van der Waals surface area contributed by atoms with Gasteiger partial charge in [0.2, 0.25) is 0 Å². The highest BCUT2D eigenvalue weighted by Crippen LogP contribution is 2.48. The molecule has 10 atom stereocenters. The average molecular weight is 898 g/mol. The third-order valence-electron chi connectivity index (χ3n) is 13.3. The number of fused-ring (bicyclic) bond motifs is 2. The summed E-state index contributed by atoms with van der Waals surface area (Å²) in [5, 5.41) is 37.5. The number of benzene rings is 3. The molecule has 348 valence electrons. The second-order valence-electron chi connectivity index (χ2n) is 18.1. The number of esters is 1. The predicted octanol–water partition coefficient (Wildman–Crippen LogP) is 6.33. The lowest BCUT2D eigenvalue weighted by Gasteiger charge is -2.38. The van der Waals surface area contributed by atoms with Crippen LogP contribution in [0.25, 0.3) is 33.0 Å². The molecule has 1 fully saturated rings. The zero-order valence-corrected chi connectivity index (χ0v) is 38.5. The minimum atomic E-state index is -2.04. The molecule has 7 rings (SSSR count). The van der Waals surface area contributed by atoms with Gasteiger partial charge in [0.25, 0.3) is 11.7 Å². The number of aliphatic hydroxyl groups is 2. The highest BCUT2D eigenvalue weighted by molar-refractivity contribution is 6.26. The van der Waals surface area contributed by atoms with Gasteiger partial charge in [0.05, 0.1) is 42.1 Å². The molecule has 3 aromatic carbocycles. The lowest BCUT2D eigenvalue weighted by molar-refractivity contribution is -0.160. The van der Waals surface area contributed by atoms with E-state index in [1.807, 2.05) is 0 Å². The fourth-order valence-corrected chi connectivity index (χ4v) is 9.25. The molecule has 3 aliphatic heterocycles. The summed E-state index contributed by atoms with van der Waals surface area (Å²) in [6.45, 7) is 15.0. The van der Waals surface area contributed by atoms with Gasteiger partial charge >= 0.3 is 11.8 Å². The van der Waals surface area contributed by atoms with Crippen molar-refractivity contribution in [2.24, 2.45) is 29.6 Å². The molecule has 0 aliphatic carbocycles. The molecule has 16 nitrogen and oxygen atoms in total. The molecule has 4 heterocycles. The van der Waals surface area contributed by atoms with E-state index >= 15 is 0 Å². The van der Waals surface area contributed by atoms with Gasteiger partial charge in [-0.05, 0) is 52.1 Å². The Morgan fingerprint density at radius 2 is 1.77 bits per heavy atom. The topological polar surface area (TPSA) is 216 Å². The first-order valence-corrected chi connectivity index (χ1v) is 22.0. The quantitative estimate of drug-likeness (QED) is 0.0746. The lowest BCUT2D eigenvalue weighted by Crippen LogP contribution is -2.46. The highest BCUT2D eigenvalue weighted by atomic mass is 16.7. The first kappa shape index (κ1) is 47.2. The zero-order valence-electron chi connectivity index (χ0n) is 38.5. The van der Waals surface area contributed by atoms with Crippen LogP contribution in [0.3, 0.4) is 0 Å².